The molecule has 0 aliphatic heterocycles. The molecule has 0 radical (unpaired) electrons. The van der Waals surface area contributed by atoms with E-state index in [0.29, 0.717) is 12.0 Å². The minimum Gasteiger partial charge on any atom is -0.359 e. The minimum absolute atomic E-state index is 0.474. The molecule has 3 heteroatoms. The van der Waals surface area contributed by atoms with Crippen LogP contribution in [0, 0.1) is 5.92 Å². The summed E-state index contributed by atoms with van der Waals surface area (Å²) in [5.74, 6) is 2.49. The largest absolute Gasteiger partial charge is 0.359 e. The Kier molecular flexibility index (Phi) is 5.03. The van der Waals surface area contributed by atoms with Gasteiger partial charge in [0.05, 0.1) is 0 Å². The summed E-state index contributed by atoms with van der Waals surface area (Å²) in [6.45, 7) is 10.9. The molecule has 112 valence electrons. The summed E-state index contributed by atoms with van der Waals surface area (Å²) in [6.07, 6.45) is 2.77. The fraction of sp³-hybridized carbons (Fsp3) is 0.706. The van der Waals surface area contributed by atoms with Crippen molar-refractivity contribution in [2.75, 3.05) is 18.5 Å². The summed E-state index contributed by atoms with van der Waals surface area (Å²) < 4.78 is 0. The van der Waals surface area contributed by atoms with Gasteiger partial charge in [-0.05, 0) is 42.4 Å². The summed E-state index contributed by atoms with van der Waals surface area (Å²) >= 11 is 0. The predicted molar refractivity (Wildman–Crippen MR) is 86.3 cm³/mol. The number of hydrogen-bond acceptors (Lipinski definition) is 3. The fourth-order valence-corrected chi connectivity index (χ4v) is 2.29. The molecule has 0 atom stereocenters. The number of nitrogens with zero attached hydrogens (tertiary/aromatic N) is 2. The highest BCUT2D eigenvalue weighted by Crippen LogP contribution is 2.31. The highest BCUT2D eigenvalue weighted by molar-refractivity contribution is 5.43. The van der Waals surface area contributed by atoms with Crippen LogP contribution in [0.2, 0.25) is 0 Å². The Hall–Kier alpha value is -1.09. The molecule has 0 aromatic carbocycles. The summed E-state index contributed by atoms with van der Waals surface area (Å²) in [7, 11) is 2.17. The Bertz CT molecular complexity index is 436. The normalized spacial score (nSPS) is 15.2. The van der Waals surface area contributed by atoms with Crippen LogP contribution in [0.3, 0.4) is 0 Å². The van der Waals surface area contributed by atoms with E-state index in [1.54, 1.807) is 0 Å². The minimum atomic E-state index is 0.474. The summed E-state index contributed by atoms with van der Waals surface area (Å²) in [4.78, 5) is 7.16. The third-order valence-electron chi connectivity index (χ3n) is 3.82. The van der Waals surface area contributed by atoms with Crippen LogP contribution in [-0.4, -0.2) is 24.6 Å². The fourth-order valence-electron chi connectivity index (χ4n) is 2.29. The van der Waals surface area contributed by atoms with E-state index >= 15 is 0 Å². The molecule has 1 saturated carbocycles. The van der Waals surface area contributed by atoms with Gasteiger partial charge in [-0.2, -0.15) is 0 Å². The van der Waals surface area contributed by atoms with Crippen LogP contribution in [0.15, 0.2) is 12.1 Å². The van der Waals surface area contributed by atoms with Gasteiger partial charge in [-0.15, -0.1) is 0 Å². The van der Waals surface area contributed by atoms with Gasteiger partial charge in [0, 0.05) is 31.9 Å². The standard InChI is InChI=1S/C17H29N3/c1-12(2)16-8-15(10-18-13(3)4)9-17(19-16)20(5)11-14-6-7-14/h8-9,12-14,18H,6-7,10-11H2,1-5H3. The Morgan fingerprint density at radius 1 is 1.25 bits per heavy atom. The first-order chi connectivity index (χ1) is 9.45. The van der Waals surface area contributed by atoms with Crippen molar-refractivity contribution in [3.63, 3.8) is 0 Å². The van der Waals surface area contributed by atoms with Crippen LogP contribution in [0.1, 0.15) is 57.7 Å². The van der Waals surface area contributed by atoms with Gasteiger partial charge in [0.25, 0.3) is 0 Å². The van der Waals surface area contributed by atoms with Crippen LogP contribution >= 0.6 is 0 Å². The quantitative estimate of drug-likeness (QED) is 0.825. The maximum absolute atomic E-state index is 4.84. The maximum atomic E-state index is 4.84. The van der Waals surface area contributed by atoms with Crippen molar-refractivity contribution in [2.24, 2.45) is 5.92 Å². The third kappa shape index (κ3) is 4.48. The van der Waals surface area contributed by atoms with Crippen molar-refractivity contribution in [1.82, 2.24) is 10.3 Å². The second-order valence-electron chi connectivity index (χ2n) is 6.77. The molecule has 0 unspecified atom stereocenters. The van der Waals surface area contributed by atoms with Crippen LogP contribution in [0.4, 0.5) is 5.82 Å². The topological polar surface area (TPSA) is 28.2 Å². The first-order valence-corrected chi connectivity index (χ1v) is 7.91. The first-order valence-electron chi connectivity index (χ1n) is 7.91. The summed E-state index contributed by atoms with van der Waals surface area (Å²) in [5, 5.41) is 3.50. The van der Waals surface area contributed by atoms with Crippen molar-refractivity contribution in [3.8, 4) is 0 Å². The predicted octanol–water partition coefficient (Wildman–Crippen LogP) is 3.55. The molecule has 1 fully saturated rings. The van der Waals surface area contributed by atoms with E-state index in [0.717, 1.165) is 24.8 Å². The molecule has 0 saturated heterocycles. The Balaban J connectivity index is 2.15. The van der Waals surface area contributed by atoms with Gasteiger partial charge < -0.3 is 10.2 Å². The SMILES string of the molecule is CC(C)NCc1cc(C(C)C)nc(N(C)CC2CC2)c1. The van der Waals surface area contributed by atoms with Crippen molar-refractivity contribution in [3.05, 3.63) is 23.4 Å². The molecule has 0 spiro atoms. The van der Waals surface area contributed by atoms with Crippen LogP contribution < -0.4 is 10.2 Å². The summed E-state index contributed by atoms with van der Waals surface area (Å²) in [6, 6.07) is 5.00. The van der Waals surface area contributed by atoms with Gasteiger partial charge in [0.1, 0.15) is 5.82 Å². The van der Waals surface area contributed by atoms with Crippen molar-refractivity contribution in [2.45, 2.75) is 59.0 Å². The molecular formula is C17H29N3. The van der Waals surface area contributed by atoms with E-state index in [1.165, 1.54) is 24.1 Å². The zero-order valence-electron chi connectivity index (χ0n) is 13.6. The molecule has 0 bridgehead atoms. The number of nitrogens with one attached hydrogen (secondary N) is 1. The van der Waals surface area contributed by atoms with Gasteiger partial charge in [-0.3, -0.25) is 0 Å². The van der Waals surface area contributed by atoms with Crippen molar-refractivity contribution >= 4 is 5.82 Å². The molecule has 1 aliphatic rings. The number of hydrogen-bond donors (Lipinski definition) is 1. The molecule has 1 aliphatic carbocycles. The van der Waals surface area contributed by atoms with E-state index in [1.807, 2.05) is 0 Å². The van der Waals surface area contributed by atoms with Crippen molar-refractivity contribution < 1.29 is 0 Å². The highest BCUT2D eigenvalue weighted by atomic mass is 15.2. The van der Waals surface area contributed by atoms with E-state index in [9.17, 15) is 0 Å². The van der Waals surface area contributed by atoms with Gasteiger partial charge in [0.15, 0.2) is 0 Å². The van der Waals surface area contributed by atoms with Gasteiger partial charge >= 0.3 is 0 Å². The van der Waals surface area contributed by atoms with Gasteiger partial charge in [0.2, 0.25) is 0 Å². The monoisotopic (exact) mass is 275 g/mol. The van der Waals surface area contributed by atoms with E-state index in [-0.39, 0.29) is 0 Å². The second-order valence-corrected chi connectivity index (χ2v) is 6.77. The molecule has 1 aromatic heterocycles. The van der Waals surface area contributed by atoms with E-state index in [2.05, 4.69) is 57.1 Å². The van der Waals surface area contributed by atoms with Crippen LogP contribution in [-0.2, 0) is 6.54 Å². The van der Waals surface area contributed by atoms with Gasteiger partial charge in [-0.1, -0.05) is 27.7 Å². The lowest BCUT2D eigenvalue weighted by molar-refractivity contribution is 0.587. The van der Waals surface area contributed by atoms with Gasteiger partial charge in [-0.25, -0.2) is 4.98 Å². The lowest BCUT2D eigenvalue weighted by Gasteiger charge is -2.21. The zero-order chi connectivity index (χ0) is 14.7. The second kappa shape index (κ2) is 6.57. The molecular weight excluding hydrogens is 246 g/mol. The Labute approximate surface area is 123 Å². The molecule has 20 heavy (non-hydrogen) atoms. The average molecular weight is 275 g/mol. The molecule has 1 aromatic rings. The zero-order valence-corrected chi connectivity index (χ0v) is 13.6. The maximum Gasteiger partial charge on any atom is 0.128 e. The highest BCUT2D eigenvalue weighted by Gasteiger charge is 2.23. The van der Waals surface area contributed by atoms with E-state index < -0.39 is 0 Å². The lowest BCUT2D eigenvalue weighted by Crippen LogP contribution is -2.24. The molecule has 2 rings (SSSR count). The first kappa shape index (κ1) is 15.3. The number of anilines is 1. The molecule has 1 N–H and O–H groups in total. The third-order valence-corrected chi connectivity index (χ3v) is 3.82. The smallest absolute Gasteiger partial charge is 0.128 e. The average Bonchev–Trinajstić information content (AvgIpc) is 3.19. The molecule has 3 nitrogen and oxygen atoms in total. The van der Waals surface area contributed by atoms with E-state index in [4.69, 9.17) is 4.98 Å². The molecule has 0 amide bonds. The Morgan fingerprint density at radius 2 is 1.95 bits per heavy atom. The van der Waals surface area contributed by atoms with Crippen LogP contribution in [0.25, 0.3) is 0 Å². The lowest BCUT2D eigenvalue weighted by atomic mass is 10.1. The summed E-state index contributed by atoms with van der Waals surface area (Å²) in [5.41, 5.74) is 2.54. The Morgan fingerprint density at radius 3 is 2.50 bits per heavy atom. The number of aromatic nitrogens is 1. The number of rotatable bonds is 7. The molecule has 1 heterocycles. The van der Waals surface area contributed by atoms with Crippen LogP contribution in [0.5, 0.6) is 0 Å². The number of pyridine rings is 1. The van der Waals surface area contributed by atoms with Crippen molar-refractivity contribution in [1.29, 1.82) is 0 Å².